The Morgan fingerprint density at radius 1 is 0.868 bits per heavy atom. The van der Waals surface area contributed by atoms with E-state index in [4.69, 9.17) is 4.74 Å². The summed E-state index contributed by atoms with van der Waals surface area (Å²) in [6.45, 7) is 28.8. The molecule has 1 N–H and O–H groups in total. The molecular weight excluding hydrogens is 655 g/mol. The minimum Gasteiger partial charge on any atom is -0.429 e. The molecule has 7 aliphatic rings. The zero-order valence-electron chi connectivity index (χ0n) is 34.2. The van der Waals surface area contributed by atoms with E-state index in [0.29, 0.717) is 52.6 Å². The number of amides is 1. The van der Waals surface area contributed by atoms with Gasteiger partial charge in [0, 0.05) is 50.2 Å². The van der Waals surface area contributed by atoms with Crippen LogP contribution in [0.15, 0.2) is 42.5 Å². The second-order valence-electron chi connectivity index (χ2n) is 20.7. The van der Waals surface area contributed by atoms with Crippen molar-refractivity contribution in [2.24, 2.45) is 56.7 Å². The van der Waals surface area contributed by atoms with Gasteiger partial charge >= 0.3 is 0 Å². The molecule has 0 unspecified atom stereocenters. The minimum atomic E-state index is -0.0558. The van der Waals surface area contributed by atoms with E-state index in [-0.39, 0.29) is 21.8 Å². The number of allylic oxidation sites excluding steroid dienone is 3. The van der Waals surface area contributed by atoms with Gasteiger partial charge in [-0.1, -0.05) is 71.9 Å². The minimum absolute atomic E-state index is 0.0558. The number of hydrogen-bond donors (Lipinski definition) is 1. The lowest BCUT2D eigenvalue weighted by Crippen LogP contribution is -2.68. The van der Waals surface area contributed by atoms with Crippen molar-refractivity contribution in [3.8, 4) is 5.75 Å². The smallest absolute Gasteiger partial charge is 0.298 e. The van der Waals surface area contributed by atoms with E-state index in [2.05, 4.69) is 88.4 Å². The monoisotopic (exact) mass is 724 g/mol. The van der Waals surface area contributed by atoms with Crippen molar-refractivity contribution in [2.45, 2.75) is 125 Å². The van der Waals surface area contributed by atoms with Gasteiger partial charge in [0.2, 0.25) is 5.91 Å². The summed E-state index contributed by atoms with van der Waals surface area (Å²) >= 11 is 0. The predicted molar refractivity (Wildman–Crippen MR) is 214 cm³/mol. The molecule has 0 radical (unpaired) electrons. The maximum absolute atomic E-state index is 13.0. The summed E-state index contributed by atoms with van der Waals surface area (Å²) in [4.78, 5) is 28.6. The van der Waals surface area contributed by atoms with Gasteiger partial charge in [-0.2, -0.15) is 0 Å². The molecule has 5 saturated carbocycles. The molecule has 8 rings (SSSR count). The van der Waals surface area contributed by atoms with Gasteiger partial charge in [0.25, 0.3) is 6.47 Å². The van der Waals surface area contributed by atoms with Gasteiger partial charge in [0.1, 0.15) is 5.75 Å². The SMILES string of the molecule is C=C(C)[C@@H]1CC[C@]2(NCCN3CCN(C(=O)C4(C)CC4)CC3)CC[C@]3(C)[C@H](CC[C@@H]4[C@@]5(C)CC=C(c6ccc(OC=O)cc6)C(C)(C)[C@@H]5CC[C@]43C)[C@@H]12. The fourth-order valence-corrected chi connectivity index (χ4v) is 14.7. The molecule has 0 spiro atoms. The molecule has 1 saturated heterocycles. The molecule has 6 fully saturated rings. The van der Waals surface area contributed by atoms with Crippen LogP contribution >= 0.6 is 0 Å². The Labute approximate surface area is 320 Å². The first-order chi connectivity index (χ1) is 25.1. The van der Waals surface area contributed by atoms with Gasteiger partial charge < -0.3 is 15.0 Å². The fraction of sp³-hybridized carbons (Fsp3) is 0.745. The Hall–Kier alpha value is -2.44. The Kier molecular flexibility index (Phi) is 9.24. The second-order valence-corrected chi connectivity index (χ2v) is 20.7. The molecule has 6 heteroatoms. The average molecular weight is 724 g/mol. The molecule has 53 heavy (non-hydrogen) atoms. The van der Waals surface area contributed by atoms with Crippen LogP contribution in [0.25, 0.3) is 5.57 Å². The highest BCUT2D eigenvalue weighted by molar-refractivity contribution is 5.85. The van der Waals surface area contributed by atoms with Crippen molar-refractivity contribution < 1.29 is 14.3 Å². The van der Waals surface area contributed by atoms with Crippen LogP contribution in [0.1, 0.15) is 125 Å². The highest BCUT2D eigenvalue weighted by Gasteiger charge is 2.70. The quantitative estimate of drug-likeness (QED) is 0.204. The maximum atomic E-state index is 13.0. The first-order valence-electron chi connectivity index (χ1n) is 21.5. The number of nitrogens with zero attached hydrogens (tertiary/aromatic N) is 2. The van der Waals surface area contributed by atoms with Crippen LogP contribution in [0.2, 0.25) is 0 Å². The molecule has 1 heterocycles. The summed E-state index contributed by atoms with van der Waals surface area (Å²) in [5.74, 6) is 4.35. The van der Waals surface area contributed by atoms with Crippen LogP contribution in [-0.2, 0) is 9.59 Å². The summed E-state index contributed by atoms with van der Waals surface area (Å²) in [6, 6.07) is 8.17. The standard InChI is InChI=1S/C47H69N3O3/c1-32(2)35-15-20-47(48-25-26-49-27-29-50(30-28-49)41(52)43(5)21-22-43)24-23-45(7)37(40(35)47)13-14-39-44(6)18-16-36(33-9-11-34(12-10-33)53-31-51)42(3,4)38(44)17-19-46(39,45)8/h9-12,16,31,35,37-40,48H,1,13-15,17-30H2,2-8H3/t35-,37+,38-,39+,40+,44-,45+,46+,47-/m0/s1. The number of ether oxygens (including phenoxy) is 1. The molecule has 0 bridgehead atoms. The van der Waals surface area contributed by atoms with Crippen LogP contribution in [0.3, 0.4) is 0 Å². The molecule has 1 amide bonds. The topological polar surface area (TPSA) is 61.9 Å². The van der Waals surface area contributed by atoms with Gasteiger partial charge in [-0.05, 0) is 152 Å². The lowest BCUT2D eigenvalue weighted by molar-refractivity contribution is -0.219. The zero-order chi connectivity index (χ0) is 37.6. The number of piperazine rings is 1. The highest BCUT2D eigenvalue weighted by atomic mass is 16.5. The molecule has 0 aromatic heterocycles. The highest BCUT2D eigenvalue weighted by Crippen LogP contribution is 2.76. The van der Waals surface area contributed by atoms with Gasteiger partial charge in [0.15, 0.2) is 0 Å². The molecule has 6 aliphatic carbocycles. The van der Waals surface area contributed by atoms with Crippen LogP contribution in [-0.4, -0.2) is 67.0 Å². The van der Waals surface area contributed by atoms with E-state index in [9.17, 15) is 9.59 Å². The van der Waals surface area contributed by atoms with E-state index in [1.165, 1.54) is 68.1 Å². The van der Waals surface area contributed by atoms with Gasteiger partial charge in [-0.3, -0.25) is 14.5 Å². The van der Waals surface area contributed by atoms with Gasteiger partial charge in [0.05, 0.1) is 0 Å². The van der Waals surface area contributed by atoms with Gasteiger partial charge in [-0.25, -0.2) is 0 Å². The maximum Gasteiger partial charge on any atom is 0.298 e. The molecular formula is C47H69N3O3. The molecule has 290 valence electrons. The van der Waals surface area contributed by atoms with E-state index in [1.54, 1.807) is 0 Å². The number of carbonyl (C=O) groups excluding carboxylic acids is 2. The summed E-state index contributed by atoms with van der Waals surface area (Å²) in [5, 5.41) is 4.33. The first-order valence-corrected chi connectivity index (χ1v) is 21.5. The summed E-state index contributed by atoms with van der Waals surface area (Å²) in [5.41, 5.74) is 5.28. The van der Waals surface area contributed by atoms with Crippen molar-refractivity contribution >= 4 is 18.0 Å². The molecule has 1 aromatic carbocycles. The number of rotatable bonds is 9. The van der Waals surface area contributed by atoms with E-state index >= 15 is 0 Å². The van der Waals surface area contributed by atoms with Crippen molar-refractivity contribution in [1.29, 1.82) is 0 Å². The third-order valence-electron chi connectivity index (χ3n) is 18.1. The Morgan fingerprint density at radius 2 is 1.58 bits per heavy atom. The summed E-state index contributed by atoms with van der Waals surface area (Å²) in [6.07, 6.45) is 16.4. The molecule has 9 atom stereocenters. The van der Waals surface area contributed by atoms with Crippen LogP contribution in [0.5, 0.6) is 5.75 Å². The van der Waals surface area contributed by atoms with Gasteiger partial charge in [-0.15, -0.1) is 0 Å². The average Bonchev–Trinajstić information content (AvgIpc) is 3.76. The Bertz CT molecular complexity index is 1640. The zero-order valence-corrected chi connectivity index (χ0v) is 34.2. The van der Waals surface area contributed by atoms with Crippen molar-refractivity contribution in [3.63, 3.8) is 0 Å². The third-order valence-corrected chi connectivity index (χ3v) is 18.1. The van der Waals surface area contributed by atoms with Crippen LogP contribution < -0.4 is 10.1 Å². The van der Waals surface area contributed by atoms with Crippen molar-refractivity contribution in [2.75, 3.05) is 39.3 Å². The number of carbonyl (C=O) groups is 2. The van der Waals surface area contributed by atoms with Crippen molar-refractivity contribution in [1.82, 2.24) is 15.1 Å². The third kappa shape index (κ3) is 5.76. The molecule has 6 nitrogen and oxygen atoms in total. The van der Waals surface area contributed by atoms with E-state index < -0.39 is 0 Å². The van der Waals surface area contributed by atoms with Crippen LogP contribution in [0, 0.1) is 56.7 Å². The Balaban J connectivity index is 0.995. The second kappa shape index (κ2) is 13.1. The number of nitrogens with one attached hydrogen (secondary N) is 1. The molecule has 1 aliphatic heterocycles. The first kappa shape index (κ1) is 37.5. The number of fused-ring (bicyclic) bond motifs is 7. The van der Waals surface area contributed by atoms with Crippen molar-refractivity contribution in [3.05, 3.63) is 48.1 Å². The van der Waals surface area contributed by atoms with Crippen LogP contribution in [0.4, 0.5) is 0 Å². The predicted octanol–water partition coefficient (Wildman–Crippen LogP) is 9.16. The Morgan fingerprint density at radius 3 is 2.25 bits per heavy atom. The molecule has 1 aromatic rings. The summed E-state index contributed by atoms with van der Waals surface area (Å²) in [7, 11) is 0. The number of hydrogen-bond acceptors (Lipinski definition) is 5. The largest absolute Gasteiger partial charge is 0.429 e. The van der Waals surface area contributed by atoms with E-state index in [0.717, 1.165) is 64.4 Å². The lowest BCUT2D eigenvalue weighted by Gasteiger charge is -2.72. The lowest BCUT2D eigenvalue weighted by atomic mass is 9.33. The number of benzene rings is 1. The van der Waals surface area contributed by atoms with E-state index in [1.807, 2.05) is 12.1 Å². The fourth-order valence-electron chi connectivity index (χ4n) is 14.7. The normalized spacial score (nSPS) is 41.2. The summed E-state index contributed by atoms with van der Waals surface area (Å²) < 4.78 is 5.12.